The van der Waals surface area contributed by atoms with Gasteiger partial charge in [-0.15, -0.1) is 10.2 Å². The third-order valence-corrected chi connectivity index (χ3v) is 4.85. The van der Waals surface area contributed by atoms with Gasteiger partial charge in [0.05, 0.1) is 0 Å². The first-order valence-corrected chi connectivity index (χ1v) is 9.35. The monoisotopic (exact) mass is 429 g/mol. The summed E-state index contributed by atoms with van der Waals surface area (Å²) in [6, 6.07) is 13.2. The number of benzene rings is 3. The Balaban J connectivity index is 1.77. The maximum absolute atomic E-state index is 13.6. The molecule has 0 amide bonds. The van der Waals surface area contributed by atoms with E-state index in [1.807, 2.05) is 0 Å². The Hall–Kier alpha value is -3.32. The van der Waals surface area contributed by atoms with Gasteiger partial charge in [0.15, 0.2) is 0 Å². The van der Waals surface area contributed by atoms with Crippen molar-refractivity contribution in [2.75, 3.05) is 5.32 Å². The van der Waals surface area contributed by atoms with Gasteiger partial charge in [-0.05, 0) is 61.0 Å². The largest absolute Gasteiger partial charge is 0.418 e. The van der Waals surface area contributed by atoms with Crippen molar-refractivity contribution in [2.45, 2.75) is 13.0 Å². The summed E-state index contributed by atoms with van der Waals surface area (Å²) < 4.78 is 46.4. The summed E-state index contributed by atoms with van der Waals surface area (Å²) in [5.74, 6) is -1.06. The highest BCUT2D eigenvalue weighted by Crippen LogP contribution is 2.33. The average molecular weight is 430 g/mol. The van der Waals surface area contributed by atoms with Crippen LogP contribution in [0.15, 0.2) is 65.1 Å². The minimum atomic E-state index is -0.753. The molecule has 0 saturated heterocycles. The first kappa shape index (κ1) is 20.0. The van der Waals surface area contributed by atoms with Crippen LogP contribution in [0.3, 0.4) is 0 Å². The van der Waals surface area contributed by atoms with Gasteiger partial charge in [-0.25, -0.2) is 13.2 Å². The molecule has 0 saturated carbocycles. The van der Waals surface area contributed by atoms with Crippen LogP contribution in [0.2, 0.25) is 5.02 Å². The molecule has 1 N–H and O–H groups in total. The highest BCUT2D eigenvalue weighted by atomic mass is 35.5. The van der Waals surface area contributed by atoms with Crippen molar-refractivity contribution in [1.82, 2.24) is 10.2 Å². The summed E-state index contributed by atoms with van der Waals surface area (Å²) in [5.41, 5.74) is 2.14. The number of rotatable bonds is 5. The van der Waals surface area contributed by atoms with E-state index in [-0.39, 0.29) is 22.6 Å². The van der Waals surface area contributed by atoms with Crippen LogP contribution in [-0.4, -0.2) is 10.2 Å². The van der Waals surface area contributed by atoms with Crippen molar-refractivity contribution in [2.24, 2.45) is 0 Å². The number of nitrogens with zero attached hydrogens (tertiary/aromatic N) is 2. The van der Waals surface area contributed by atoms with E-state index in [0.717, 1.165) is 0 Å². The summed E-state index contributed by atoms with van der Waals surface area (Å²) >= 11 is 6.27. The predicted molar refractivity (Wildman–Crippen MR) is 108 cm³/mol. The van der Waals surface area contributed by atoms with Crippen LogP contribution in [0.4, 0.5) is 18.9 Å². The predicted octanol–water partition coefficient (Wildman–Crippen LogP) is 6.32. The Morgan fingerprint density at radius 1 is 0.900 bits per heavy atom. The molecule has 0 aliphatic heterocycles. The Morgan fingerprint density at radius 3 is 2.37 bits per heavy atom. The molecule has 1 atom stereocenters. The number of aryl methyl sites for hydroxylation is 1. The number of halogens is 4. The second-order valence-electron chi connectivity index (χ2n) is 6.66. The van der Waals surface area contributed by atoms with E-state index in [1.165, 1.54) is 48.5 Å². The highest BCUT2D eigenvalue weighted by molar-refractivity contribution is 6.31. The Bertz CT molecular complexity index is 1210. The lowest BCUT2D eigenvalue weighted by Gasteiger charge is -2.19. The molecule has 3 aromatic carbocycles. The molecule has 0 bridgehead atoms. The van der Waals surface area contributed by atoms with Gasteiger partial charge in [0.1, 0.15) is 23.5 Å². The number of nitrogens with one attached hydrogen (secondary N) is 1. The van der Waals surface area contributed by atoms with Crippen LogP contribution in [0.1, 0.15) is 23.1 Å². The third kappa shape index (κ3) is 4.16. The van der Waals surface area contributed by atoms with Crippen molar-refractivity contribution in [3.05, 3.63) is 100 Å². The zero-order valence-corrected chi connectivity index (χ0v) is 16.4. The molecule has 4 rings (SSSR count). The normalized spacial score (nSPS) is 12.0. The Labute approximate surface area is 175 Å². The number of anilines is 1. The summed E-state index contributed by atoms with van der Waals surface area (Å²) in [5, 5.41) is 11.4. The summed E-state index contributed by atoms with van der Waals surface area (Å²) in [7, 11) is 0. The van der Waals surface area contributed by atoms with Gasteiger partial charge in [0.25, 0.3) is 0 Å². The number of aromatic nitrogens is 2. The molecule has 0 unspecified atom stereocenters. The van der Waals surface area contributed by atoms with Gasteiger partial charge < -0.3 is 9.73 Å². The zero-order valence-electron chi connectivity index (χ0n) is 15.7. The highest BCUT2D eigenvalue weighted by Gasteiger charge is 2.25. The van der Waals surface area contributed by atoms with Gasteiger partial charge in [-0.2, -0.15) is 0 Å². The first-order valence-electron chi connectivity index (χ1n) is 8.97. The van der Waals surface area contributed by atoms with E-state index < -0.39 is 17.7 Å². The molecule has 0 spiro atoms. The molecule has 8 heteroatoms. The summed E-state index contributed by atoms with van der Waals surface area (Å²) in [6.07, 6.45) is 0. The van der Waals surface area contributed by atoms with Crippen LogP contribution in [-0.2, 0) is 0 Å². The zero-order chi connectivity index (χ0) is 21.3. The van der Waals surface area contributed by atoms with Gasteiger partial charge >= 0.3 is 0 Å². The third-order valence-electron chi connectivity index (χ3n) is 4.52. The quantitative estimate of drug-likeness (QED) is 0.403. The van der Waals surface area contributed by atoms with Crippen LogP contribution in [0.25, 0.3) is 11.5 Å². The van der Waals surface area contributed by atoms with Crippen LogP contribution >= 0.6 is 11.6 Å². The van der Waals surface area contributed by atoms with E-state index in [0.29, 0.717) is 22.4 Å². The summed E-state index contributed by atoms with van der Waals surface area (Å²) in [4.78, 5) is 0. The molecule has 0 fully saturated rings. The minimum Gasteiger partial charge on any atom is -0.418 e. The second kappa shape index (κ2) is 8.20. The molecule has 0 aliphatic carbocycles. The van der Waals surface area contributed by atoms with E-state index in [1.54, 1.807) is 19.1 Å². The van der Waals surface area contributed by atoms with E-state index in [9.17, 15) is 13.2 Å². The van der Waals surface area contributed by atoms with Gasteiger partial charge in [-0.1, -0.05) is 23.7 Å². The van der Waals surface area contributed by atoms with E-state index in [4.69, 9.17) is 16.0 Å². The second-order valence-corrected chi connectivity index (χ2v) is 7.07. The Morgan fingerprint density at radius 2 is 1.63 bits per heavy atom. The molecule has 0 radical (unpaired) electrons. The standard InChI is InChI=1S/C22H15ClF3N3O/c1-12-9-15(25)6-8-19(12)27-20(17-7-5-16(26)11-18(17)23)22-29-28-21(30-22)13-3-2-4-14(24)10-13/h2-11,20,27H,1H3/t20-/m1/s1. The number of hydrogen-bond acceptors (Lipinski definition) is 4. The lowest BCUT2D eigenvalue weighted by Crippen LogP contribution is -2.14. The minimum absolute atomic E-state index is 0.116. The maximum Gasteiger partial charge on any atom is 0.247 e. The van der Waals surface area contributed by atoms with Crippen molar-refractivity contribution in [1.29, 1.82) is 0 Å². The summed E-state index contributed by atoms with van der Waals surface area (Å²) in [6.45, 7) is 1.74. The molecule has 30 heavy (non-hydrogen) atoms. The van der Waals surface area contributed by atoms with E-state index >= 15 is 0 Å². The van der Waals surface area contributed by atoms with E-state index in [2.05, 4.69) is 15.5 Å². The van der Waals surface area contributed by atoms with Crippen LogP contribution in [0, 0.1) is 24.4 Å². The number of hydrogen-bond donors (Lipinski definition) is 1. The molecular weight excluding hydrogens is 415 g/mol. The van der Waals surface area contributed by atoms with Crippen molar-refractivity contribution in [3.63, 3.8) is 0 Å². The molecule has 152 valence electrons. The smallest absolute Gasteiger partial charge is 0.247 e. The van der Waals surface area contributed by atoms with Crippen LogP contribution < -0.4 is 5.32 Å². The van der Waals surface area contributed by atoms with Crippen molar-refractivity contribution >= 4 is 17.3 Å². The fourth-order valence-electron chi connectivity index (χ4n) is 3.04. The molecule has 0 aliphatic rings. The lowest BCUT2D eigenvalue weighted by atomic mass is 10.1. The average Bonchev–Trinajstić information content (AvgIpc) is 3.18. The fourth-order valence-corrected chi connectivity index (χ4v) is 3.32. The topological polar surface area (TPSA) is 51.0 Å². The maximum atomic E-state index is 13.6. The molecule has 4 aromatic rings. The first-order chi connectivity index (χ1) is 14.4. The molecular formula is C22H15ClF3N3O. The van der Waals surface area contributed by atoms with Crippen molar-refractivity contribution in [3.8, 4) is 11.5 Å². The van der Waals surface area contributed by atoms with Crippen LogP contribution in [0.5, 0.6) is 0 Å². The van der Waals surface area contributed by atoms with Gasteiger partial charge in [-0.3, -0.25) is 0 Å². The van der Waals surface area contributed by atoms with Crippen molar-refractivity contribution < 1.29 is 17.6 Å². The Kier molecular flexibility index (Phi) is 5.46. The lowest BCUT2D eigenvalue weighted by molar-refractivity contribution is 0.493. The SMILES string of the molecule is Cc1cc(F)ccc1N[C@@H](c1nnc(-c2cccc(F)c2)o1)c1ccc(F)cc1Cl. The molecule has 1 heterocycles. The fraction of sp³-hybridized carbons (Fsp3) is 0.0909. The van der Waals surface area contributed by atoms with Gasteiger partial charge in [0, 0.05) is 21.8 Å². The molecule has 4 nitrogen and oxygen atoms in total. The molecule has 1 aromatic heterocycles. The van der Waals surface area contributed by atoms with Gasteiger partial charge in [0.2, 0.25) is 11.8 Å².